The number of alkyl halides is 3. The number of hydrogen-bond donors (Lipinski definition) is 0. The lowest BCUT2D eigenvalue weighted by Crippen LogP contribution is -2.48. The molecule has 1 aliphatic rings. The number of benzene rings is 2. The van der Waals surface area contributed by atoms with Crippen LogP contribution >= 0.6 is 23.2 Å². The van der Waals surface area contributed by atoms with Crippen LogP contribution in [0.4, 0.5) is 18.9 Å². The highest BCUT2D eigenvalue weighted by molar-refractivity contribution is 7.89. The second kappa shape index (κ2) is 7.50. The van der Waals surface area contributed by atoms with Crippen molar-refractivity contribution in [1.29, 1.82) is 0 Å². The minimum absolute atomic E-state index is 0.136. The lowest BCUT2D eigenvalue weighted by atomic mass is 10.2. The van der Waals surface area contributed by atoms with Gasteiger partial charge >= 0.3 is 6.18 Å². The summed E-state index contributed by atoms with van der Waals surface area (Å²) in [5.74, 6) is 0. The fourth-order valence-electron chi connectivity index (χ4n) is 2.91. The van der Waals surface area contributed by atoms with Gasteiger partial charge in [0.1, 0.15) is 0 Å². The summed E-state index contributed by atoms with van der Waals surface area (Å²) in [5.41, 5.74) is -0.373. The van der Waals surface area contributed by atoms with E-state index in [1.165, 1.54) is 4.31 Å². The van der Waals surface area contributed by atoms with Crippen LogP contribution < -0.4 is 4.90 Å². The number of hydrogen-bond acceptors (Lipinski definition) is 3. The minimum atomic E-state index is -4.73. The van der Waals surface area contributed by atoms with Gasteiger partial charge < -0.3 is 4.90 Å². The zero-order valence-corrected chi connectivity index (χ0v) is 16.2. The van der Waals surface area contributed by atoms with E-state index in [0.29, 0.717) is 24.2 Å². The number of nitrogens with zero attached hydrogens (tertiary/aromatic N) is 2. The average molecular weight is 439 g/mol. The Morgan fingerprint density at radius 1 is 0.889 bits per heavy atom. The highest BCUT2D eigenvalue weighted by Gasteiger charge is 2.36. The Morgan fingerprint density at radius 3 is 2.11 bits per heavy atom. The van der Waals surface area contributed by atoms with E-state index in [4.69, 9.17) is 23.2 Å². The zero-order chi connectivity index (χ0) is 19.8. The molecule has 0 atom stereocenters. The molecule has 10 heteroatoms. The summed E-state index contributed by atoms with van der Waals surface area (Å²) in [6, 6.07) is 9.83. The quantitative estimate of drug-likeness (QED) is 0.706. The van der Waals surface area contributed by atoms with Crippen molar-refractivity contribution in [2.75, 3.05) is 31.1 Å². The molecule has 0 radical (unpaired) electrons. The van der Waals surface area contributed by atoms with Crippen LogP contribution in [0.15, 0.2) is 47.4 Å². The van der Waals surface area contributed by atoms with Crippen molar-refractivity contribution in [2.24, 2.45) is 0 Å². The standard InChI is InChI=1S/C17H15Cl2F3N2O2S/c18-14-6-5-12(11-13(14)17(20,21)22)27(25,26)24-9-7-23(8-10-24)16-4-2-1-3-15(16)19/h1-6,11H,7-10H2. The van der Waals surface area contributed by atoms with Crippen LogP contribution in [0.2, 0.25) is 10.0 Å². The van der Waals surface area contributed by atoms with Crippen LogP contribution in [0.25, 0.3) is 0 Å². The molecule has 0 aromatic heterocycles. The van der Waals surface area contributed by atoms with Gasteiger partial charge in [0, 0.05) is 26.2 Å². The first kappa shape index (κ1) is 20.3. The lowest BCUT2D eigenvalue weighted by Gasteiger charge is -2.35. The molecule has 3 rings (SSSR count). The van der Waals surface area contributed by atoms with Crippen LogP contribution in [-0.2, 0) is 16.2 Å². The van der Waals surface area contributed by atoms with Crippen molar-refractivity contribution in [2.45, 2.75) is 11.1 Å². The molecule has 1 saturated heterocycles. The van der Waals surface area contributed by atoms with Gasteiger partial charge in [0.15, 0.2) is 0 Å². The van der Waals surface area contributed by atoms with E-state index >= 15 is 0 Å². The monoisotopic (exact) mass is 438 g/mol. The van der Waals surface area contributed by atoms with Crippen molar-refractivity contribution >= 4 is 38.9 Å². The summed E-state index contributed by atoms with van der Waals surface area (Å²) in [6.45, 7) is 1.03. The zero-order valence-electron chi connectivity index (χ0n) is 13.9. The minimum Gasteiger partial charge on any atom is -0.368 e. The fraction of sp³-hybridized carbons (Fsp3) is 0.294. The van der Waals surface area contributed by atoms with Crippen LogP contribution in [0, 0.1) is 0 Å². The Balaban J connectivity index is 1.81. The first-order valence-corrected chi connectivity index (χ1v) is 10.2. The van der Waals surface area contributed by atoms with Crippen molar-refractivity contribution in [1.82, 2.24) is 4.31 Å². The van der Waals surface area contributed by atoms with Crippen LogP contribution in [0.1, 0.15) is 5.56 Å². The van der Waals surface area contributed by atoms with E-state index in [2.05, 4.69) is 0 Å². The summed E-state index contributed by atoms with van der Waals surface area (Å²) in [4.78, 5) is 1.52. The normalized spacial score (nSPS) is 16.6. The summed E-state index contributed by atoms with van der Waals surface area (Å²) < 4.78 is 65.8. The Kier molecular flexibility index (Phi) is 5.63. The van der Waals surface area contributed by atoms with Gasteiger partial charge in [-0.15, -0.1) is 0 Å². The molecule has 2 aromatic rings. The molecule has 1 heterocycles. The van der Waals surface area contributed by atoms with Crippen molar-refractivity contribution in [3.63, 3.8) is 0 Å². The Bertz CT molecular complexity index is 943. The second-order valence-electron chi connectivity index (χ2n) is 5.98. The molecule has 0 unspecified atom stereocenters. The van der Waals surface area contributed by atoms with E-state index in [1.54, 1.807) is 12.1 Å². The molecule has 0 bridgehead atoms. The molecule has 27 heavy (non-hydrogen) atoms. The summed E-state index contributed by atoms with van der Waals surface area (Å²) in [7, 11) is -4.06. The third-order valence-corrected chi connectivity index (χ3v) is 6.86. The van der Waals surface area contributed by atoms with Gasteiger partial charge in [-0.2, -0.15) is 17.5 Å². The predicted molar refractivity (Wildman–Crippen MR) is 98.9 cm³/mol. The smallest absolute Gasteiger partial charge is 0.368 e. The van der Waals surface area contributed by atoms with Crippen molar-refractivity contribution in [3.05, 3.63) is 58.1 Å². The van der Waals surface area contributed by atoms with E-state index in [0.717, 1.165) is 17.8 Å². The van der Waals surface area contributed by atoms with Crippen LogP contribution in [0.5, 0.6) is 0 Å². The third kappa shape index (κ3) is 4.18. The highest BCUT2D eigenvalue weighted by atomic mass is 35.5. The average Bonchev–Trinajstić information content (AvgIpc) is 2.61. The number of halogens is 5. The number of sulfonamides is 1. The molecule has 0 amide bonds. The first-order chi connectivity index (χ1) is 12.6. The van der Waals surface area contributed by atoms with Crippen molar-refractivity contribution in [3.8, 4) is 0 Å². The van der Waals surface area contributed by atoms with Crippen molar-refractivity contribution < 1.29 is 21.6 Å². The molecular formula is C17H15Cl2F3N2O2S. The Labute approximate surface area is 165 Å². The molecule has 4 nitrogen and oxygen atoms in total. The Morgan fingerprint density at radius 2 is 1.52 bits per heavy atom. The molecule has 2 aromatic carbocycles. The van der Waals surface area contributed by atoms with E-state index in [1.807, 2.05) is 17.0 Å². The van der Waals surface area contributed by atoms with Gasteiger partial charge in [0.05, 0.1) is 26.2 Å². The topological polar surface area (TPSA) is 40.6 Å². The van der Waals surface area contributed by atoms with Crippen LogP contribution in [-0.4, -0.2) is 38.9 Å². The molecule has 1 aliphatic heterocycles. The van der Waals surface area contributed by atoms with Gasteiger partial charge in [-0.3, -0.25) is 0 Å². The molecule has 0 N–H and O–H groups in total. The number of para-hydroxylation sites is 1. The third-order valence-electron chi connectivity index (χ3n) is 4.31. The summed E-state index contributed by atoms with van der Waals surface area (Å²) >= 11 is 11.7. The summed E-state index contributed by atoms with van der Waals surface area (Å²) in [5, 5.41) is 0.0197. The Hall–Kier alpha value is -1.48. The maximum absolute atomic E-state index is 13.0. The number of anilines is 1. The van der Waals surface area contributed by atoms with Gasteiger partial charge in [0.2, 0.25) is 10.0 Å². The molecule has 0 aliphatic carbocycles. The molecule has 0 saturated carbocycles. The second-order valence-corrected chi connectivity index (χ2v) is 8.73. The summed E-state index contributed by atoms with van der Waals surface area (Å²) in [6.07, 6.45) is -4.73. The molecule has 1 fully saturated rings. The molecule has 0 spiro atoms. The van der Waals surface area contributed by atoms with Gasteiger partial charge in [0.25, 0.3) is 0 Å². The maximum atomic E-state index is 13.0. The van der Waals surface area contributed by atoms with Crippen LogP contribution in [0.3, 0.4) is 0 Å². The number of piperazine rings is 1. The number of rotatable bonds is 3. The van der Waals surface area contributed by atoms with E-state index in [-0.39, 0.29) is 13.1 Å². The van der Waals surface area contributed by atoms with Gasteiger partial charge in [-0.05, 0) is 30.3 Å². The fourth-order valence-corrected chi connectivity index (χ4v) is 4.84. The molecule has 146 valence electrons. The lowest BCUT2D eigenvalue weighted by molar-refractivity contribution is -0.137. The SMILES string of the molecule is O=S(=O)(c1ccc(Cl)c(C(F)(F)F)c1)N1CCN(c2ccccc2Cl)CC1. The van der Waals surface area contributed by atoms with Gasteiger partial charge in [-0.25, -0.2) is 8.42 Å². The maximum Gasteiger partial charge on any atom is 0.417 e. The van der Waals surface area contributed by atoms with Gasteiger partial charge in [-0.1, -0.05) is 35.3 Å². The first-order valence-electron chi connectivity index (χ1n) is 7.97. The molecular weight excluding hydrogens is 424 g/mol. The predicted octanol–water partition coefficient (Wildman–Crippen LogP) is 4.52. The highest BCUT2D eigenvalue weighted by Crippen LogP contribution is 2.36. The van der Waals surface area contributed by atoms with E-state index in [9.17, 15) is 21.6 Å². The largest absolute Gasteiger partial charge is 0.417 e. The van der Waals surface area contributed by atoms with E-state index < -0.39 is 31.7 Å².